The first kappa shape index (κ1) is 14.8. The summed E-state index contributed by atoms with van der Waals surface area (Å²) in [4.78, 5) is 41.5. The maximum absolute atomic E-state index is 12.3. The summed E-state index contributed by atoms with van der Waals surface area (Å²) in [6.07, 6.45) is 3.27. The summed E-state index contributed by atoms with van der Waals surface area (Å²) in [7, 11) is 0. The molecule has 1 aliphatic rings. The number of aliphatic carboxylic acids is 1. The van der Waals surface area contributed by atoms with E-state index in [1.165, 1.54) is 12.5 Å². The van der Waals surface area contributed by atoms with Crippen LogP contribution in [0.25, 0.3) is 0 Å². The number of rotatable bonds is 5. The highest BCUT2D eigenvalue weighted by atomic mass is 16.4. The van der Waals surface area contributed by atoms with Crippen molar-refractivity contribution in [1.29, 1.82) is 0 Å². The summed E-state index contributed by atoms with van der Waals surface area (Å²) in [5, 5.41) is 14.4. The molecule has 2 aromatic rings. The van der Waals surface area contributed by atoms with E-state index in [1.54, 1.807) is 18.2 Å². The molecule has 1 aromatic heterocycles. The summed E-state index contributed by atoms with van der Waals surface area (Å²) in [5.74, 6) is -1.76. The minimum Gasteiger partial charge on any atom is -0.480 e. The summed E-state index contributed by atoms with van der Waals surface area (Å²) < 4.78 is 0. The van der Waals surface area contributed by atoms with Gasteiger partial charge in [0.05, 0.1) is 12.7 Å². The summed E-state index contributed by atoms with van der Waals surface area (Å²) in [5.41, 5.74) is 2.33. The second kappa shape index (κ2) is 5.91. The second-order valence-corrected chi connectivity index (χ2v) is 5.24. The van der Waals surface area contributed by atoms with Crippen LogP contribution in [0.15, 0.2) is 30.7 Å². The van der Waals surface area contributed by atoms with Gasteiger partial charge in [0.2, 0.25) is 5.91 Å². The van der Waals surface area contributed by atoms with Crippen LogP contribution in [0.3, 0.4) is 0 Å². The van der Waals surface area contributed by atoms with E-state index in [9.17, 15) is 19.5 Å². The van der Waals surface area contributed by atoms with Crippen LogP contribution in [-0.4, -0.2) is 38.9 Å². The normalized spacial score (nSPS) is 14.0. The van der Waals surface area contributed by atoms with E-state index in [-0.39, 0.29) is 18.7 Å². The Morgan fingerprint density at radius 2 is 2.22 bits per heavy atom. The number of aromatic amines is 1. The lowest BCUT2D eigenvalue weighted by Gasteiger charge is -2.14. The van der Waals surface area contributed by atoms with Crippen molar-refractivity contribution in [3.63, 3.8) is 0 Å². The van der Waals surface area contributed by atoms with Crippen molar-refractivity contribution in [3.05, 3.63) is 47.5 Å². The van der Waals surface area contributed by atoms with E-state index in [4.69, 9.17) is 0 Å². The molecule has 0 aliphatic carbocycles. The van der Waals surface area contributed by atoms with Crippen molar-refractivity contribution < 1.29 is 19.5 Å². The van der Waals surface area contributed by atoms with Gasteiger partial charge in [-0.3, -0.25) is 9.59 Å². The molecule has 23 heavy (non-hydrogen) atoms. The minimum atomic E-state index is -1.13. The molecule has 8 heteroatoms. The third kappa shape index (κ3) is 3.20. The van der Waals surface area contributed by atoms with Crippen LogP contribution in [0.5, 0.6) is 0 Å². The summed E-state index contributed by atoms with van der Waals surface area (Å²) in [6.45, 7) is 0. The molecule has 3 rings (SSSR count). The number of amides is 2. The van der Waals surface area contributed by atoms with Gasteiger partial charge in [-0.1, -0.05) is 0 Å². The van der Waals surface area contributed by atoms with Crippen molar-refractivity contribution in [1.82, 2.24) is 15.3 Å². The average Bonchev–Trinajstić information content (AvgIpc) is 3.13. The SMILES string of the molecule is O=C1Cc2cc(C(=O)NC(Cc3cnc[nH]3)C(=O)O)ccc2N1. The molecule has 1 unspecified atom stereocenters. The predicted octanol–water partition coefficient (Wildman–Crippen LogP) is 0.330. The molecule has 0 spiro atoms. The smallest absolute Gasteiger partial charge is 0.326 e. The largest absolute Gasteiger partial charge is 0.480 e. The van der Waals surface area contributed by atoms with Gasteiger partial charge in [0.15, 0.2) is 0 Å². The number of aromatic nitrogens is 2. The first-order valence-corrected chi connectivity index (χ1v) is 6.96. The average molecular weight is 314 g/mol. The van der Waals surface area contributed by atoms with Crippen molar-refractivity contribution in [2.24, 2.45) is 0 Å². The van der Waals surface area contributed by atoms with E-state index in [1.807, 2.05) is 0 Å². The van der Waals surface area contributed by atoms with Crippen molar-refractivity contribution in [3.8, 4) is 0 Å². The molecule has 8 nitrogen and oxygen atoms in total. The third-order valence-corrected chi connectivity index (χ3v) is 3.57. The number of hydrogen-bond acceptors (Lipinski definition) is 4. The molecule has 1 atom stereocenters. The number of H-pyrrole nitrogens is 1. The molecule has 2 amide bonds. The zero-order chi connectivity index (χ0) is 16.4. The Morgan fingerprint density at radius 3 is 2.91 bits per heavy atom. The van der Waals surface area contributed by atoms with Crippen LogP contribution in [0.2, 0.25) is 0 Å². The van der Waals surface area contributed by atoms with Gasteiger partial charge in [0.25, 0.3) is 5.91 Å². The van der Waals surface area contributed by atoms with E-state index in [2.05, 4.69) is 20.6 Å². The van der Waals surface area contributed by atoms with Gasteiger partial charge in [-0.2, -0.15) is 0 Å². The highest BCUT2D eigenvalue weighted by molar-refractivity contribution is 6.02. The maximum atomic E-state index is 12.3. The Labute approximate surface area is 130 Å². The number of nitrogens with zero attached hydrogens (tertiary/aromatic N) is 1. The topological polar surface area (TPSA) is 124 Å². The van der Waals surface area contributed by atoms with Gasteiger partial charge < -0.3 is 20.7 Å². The molecule has 0 saturated carbocycles. The maximum Gasteiger partial charge on any atom is 0.326 e. The predicted molar refractivity (Wildman–Crippen MR) is 80.0 cm³/mol. The Balaban J connectivity index is 1.73. The zero-order valence-electron chi connectivity index (χ0n) is 12.0. The number of anilines is 1. The van der Waals surface area contributed by atoms with Crippen LogP contribution >= 0.6 is 0 Å². The molecule has 0 bridgehead atoms. The molecule has 0 saturated heterocycles. The number of benzene rings is 1. The van der Waals surface area contributed by atoms with Crippen molar-refractivity contribution >= 4 is 23.5 Å². The molecule has 0 radical (unpaired) electrons. The zero-order valence-corrected chi connectivity index (χ0v) is 12.0. The first-order chi connectivity index (χ1) is 11.0. The number of carboxylic acids is 1. The van der Waals surface area contributed by atoms with E-state index in [0.717, 1.165) is 5.56 Å². The molecule has 0 fully saturated rings. The number of hydrogen-bond donors (Lipinski definition) is 4. The molecule has 2 heterocycles. The fourth-order valence-electron chi connectivity index (χ4n) is 2.43. The lowest BCUT2D eigenvalue weighted by atomic mass is 10.1. The highest BCUT2D eigenvalue weighted by Gasteiger charge is 2.23. The van der Waals surface area contributed by atoms with Crippen molar-refractivity contribution in [2.45, 2.75) is 18.9 Å². The Kier molecular flexibility index (Phi) is 3.80. The van der Waals surface area contributed by atoms with E-state index >= 15 is 0 Å². The Morgan fingerprint density at radius 1 is 1.39 bits per heavy atom. The van der Waals surface area contributed by atoms with Gasteiger partial charge in [0.1, 0.15) is 6.04 Å². The summed E-state index contributed by atoms with van der Waals surface area (Å²) in [6, 6.07) is 3.71. The van der Waals surface area contributed by atoms with E-state index in [0.29, 0.717) is 16.9 Å². The molecule has 1 aromatic carbocycles. The monoisotopic (exact) mass is 314 g/mol. The fraction of sp³-hybridized carbons (Fsp3) is 0.200. The third-order valence-electron chi connectivity index (χ3n) is 3.57. The molecule has 1 aliphatic heterocycles. The van der Waals surface area contributed by atoms with Crippen LogP contribution in [0.4, 0.5) is 5.69 Å². The van der Waals surface area contributed by atoms with Crippen LogP contribution in [0, 0.1) is 0 Å². The lowest BCUT2D eigenvalue weighted by Crippen LogP contribution is -2.42. The van der Waals surface area contributed by atoms with E-state index < -0.39 is 17.9 Å². The quantitative estimate of drug-likeness (QED) is 0.633. The number of fused-ring (bicyclic) bond motifs is 1. The number of carbonyl (C=O) groups is 3. The molecular formula is C15H14N4O4. The first-order valence-electron chi connectivity index (χ1n) is 6.96. The summed E-state index contributed by atoms with van der Waals surface area (Å²) >= 11 is 0. The molecule has 4 N–H and O–H groups in total. The lowest BCUT2D eigenvalue weighted by molar-refractivity contribution is -0.139. The standard InChI is InChI=1S/C15H14N4O4/c20-13-4-9-3-8(1-2-11(9)18-13)14(21)19-12(15(22)23)5-10-6-16-7-17-10/h1-3,6-7,12H,4-5H2,(H,16,17)(H,18,20)(H,19,21)(H,22,23). The van der Waals surface area contributed by atoms with Crippen LogP contribution in [-0.2, 0) is 22.4 Å². The number of imidazole rings is 1. The van der Waals surface area contributed by atoms with Crippen molar-refractivity contribution in [2.75, 3.05) is 5.32 Å². The van der Waals surface area contributed by atoms with Gasteiger partial charge >= 0.3 is 5.97 Å². The van der Waals surface area contributed by atoms with Gasteiger partial charge in [-0.25, -0.2) is 9.78 Å². The number of nitrogens with one attached hydrogen (secondary N) is 3. The van der Waals surface area contributed by atoms with Gasteiger partial charge in [0, 0.05) is 29.6 Å². The van der Waals surface area contributed by atoms with Gasteiger partial charge in [-0.05, 0) is 23.8 Å². The fourth-order valence-corrected chi connectivity index (χ4v) is 2.43. The molecular weight excluding hydrogens is 300 g/mol. The Bertz CT molecular complexity index is 770. The Hall–Kier alpha value is -3.16. The molecule has 118 valence electrons. The van der Waals surface area contributed by atoms with Crippen LogP contribution < -0.4 is 10.6 Å². The minimum absolute atomic E-state index is 0.103. The number of carbonyl (C=O) groups excluding carboxylic acids is 2. The van der Waals surface area contributed by atoms with Crippen LogP contribution in [0.1, 0.15) is 21.6 Å². The highest BCUT2D eigenvalue weighted by Crippen LogP contribution is 2.23. The second-order valence-electron chi connectivity index (χ2n) is 5.24. The van der Waals surface area contributed by atoms with Gasteiger partial charge in [-0.15, -0.1) is 0 Å². The number of carboxylic acid groups (broad SMARTS) is 1.